The van der Waals surface area contributed by atoms with Gasteiger partial charge in [0.1, 0.15) is 0 Å². The minimum atomic E-state index is 0.366. The van der Waals surface area contributed by atoms with E-state index in [9.17, 15) is 4.79 Å². The summed E-state index contributed by atoms with van der Waals surface area (Å²) in [5, 5.41) is 4.69. The highest BCUT2D eigenvalue weighted by atomic mass is 32.1. The van der Waals surface area contributed by atoms with Gasteiger partial charge in [0.25, 0.3) is 0 Å². The first-order chi connectivity index (χ1) is 11.3. The molecule has 4 nitrogen and oxygen atoms in total. The lowest BCUT2D eigenvalue weighted by Crippen LogP contribution is -2.39. The number of rotatable bonds is 4. The van der Waals surface area contributed by atoms with Gasteiger partial charge in [-0.05, 0) is 64.0 Å². The lowest BCUT2D eigenvalue weighted by atomic mass is 9.97. The summed E-state index contributed by atoms with van der Waals surface area (Å²) < 4.78 is 0. The fraction of sp³-hybridized carbons (Fsp3) is 0.778. The van der Waals surface area contributed by atoms with Crippen LogP contribution in [0, 0.1) is 5.92 Å². The number of hydrogen-bond acceptors (Lipinski definition) is 4. The number of nitrogens with zero attached hydrogens (tertiary/aromatic N) is 2. The Morgan fingerprint density at radius 2 is 2.26 bits per heavy atom. The molecule has 3 aliphatic rings. The van der Waals surface area contributed by atoms with Gasteiger partial charge in [0.2, 0.25) is 5.91 Å². The van der Waals surface area contributed by atoms with E-state index in [2.05, 4.69) is 10.2 Å². The van der Waals surface area contributed by atoms with E-state index in [0.29, 0.717) is 17.7 Å². The molecule has 0 radical (unpaired) electrons. The second-order valence-corrected chi connectivity index (χ2v) is 8.47. The number of aryl methyl sites for hydroxylation is 2. The van der Waals surface area contributed by atoms with Gasteiger partial charge in [0, 0.05) is 30.3 Å². The van der Waals surface area contributed by atoms with Gasteiger partial charge < -0.3 is 10.2 Å². The Hall–Kier alpha value is -0.940. The first-order valence-electron chi connectivity index (χ1n) is 9.26. The van der Waals surface area contributed by atoms with Crippen LogP contribution < -0.4 is 5.32 Å². The Balaban J connectivity index is 1.33. The Morgan fingerprint density at radius 1 is 1.30 bits per heavy atom. The number of carbonyl (C=O) groups is 1. The maximum Gasteiger partial charge on any atom is 0.222 e. The minimum absolute atomic E-state index is 0.366. The lowest BCUT2D eigenvalue weighted by Gasteiger charge is -2.32. The third-order valence-electron chi connectivity index (χ3n) is 5.66. The molecule has 1 aliphatic carbocycles. The summed E-state index contributed by atoms with van der Waals surface area (Å²) in [5.74, 6) is 1.56. The number of amides is 1. The fourth-order valence-corrected chi connectivity index (χ4v) is 5.52. The number of thiazole rings is 1. The third-order valence-corrected chi connectivity index (χ3v) is 6.98. The second-order valence-electron chi connectivity index (χ2n) is 7.35. The molecule has 2 fully saturated rings. The van der Waals surface area contributed by atoms with Crippen LogP contribution in [0.4, 0.5) is 0 Å². The predicted molar refractivity (Wildman–Crippen MR) is 92.9 cm³/mol. The first kappa shape index (κ1) is 15.6. The van der Waals surface area contributed by atoms with Crippen LogP contribution in [0.1, 0.15) is 60.0 Å². The van der Waals surface area contributed by atoms with Crippen molar-refractivity contribution in [2.24, 2.45) is 5.92 Å². The first-order valence-corrected chi connectivity index (χ1v) is 10.1. The van der Waals surface area contributed by atoms with Gasteiger partial charge >= 0.3 is 0 Å². The summed E-state index contributed by atoms with van der Waals surface area (Å²) >= 11 is 1.92. The zero-order valence-corrected chi connectivity index (χ0v) is 14.7. The topological polar surface area (TPSA) is 45.2 Å². The van der Waals surface area contributed by atoms with Crippen molar-refractivity contribution < 1.29 is 4.79 Å². The van der Waals surface area contributed by atoms with Crippen molar-refractivity contribution in [1.29, 1.82) is 0 Å². The number of hydrogen-bond donors (Lipinski definition) is 1. The number of carbonyl (C=O) groups excluding carboxylic acids is 1. The monoisotopic (exact) mass is 333 g/mol. The predicted octanol–water partition coefficient (Wildman–Crippen LogP) is 2.73. The number of piperidine rings is 1. The lowest BCUT2D eigenvalue weighted by molar-refractivity contribution is -0.132. The van der Waals surface area contributed by atoms with Crippen LogP contribution in [0.15, 0.2) is 0 Å². The Labute approximate surface area is 142 Å². The molecule has 4 rings (SSSR count). The molecule has 1 aromatic heterocycles. The van der Waals surface area contributed by atoms with E-state index < -0.39 is 0 Å². The summed E-state index contributed by atoms with van der Waals surface area (Å²) in [6, 6.07) is 0. The van der Waals surface area contributed by atoms with Gasteiger partial charge in [-0.2, -0.15) is 0 Å². The van der Waals surface area contributed by atoms with Crippen LogP contribution >= 0.6 is 11.3 Å². The van der Waals surface area contributed by atoms with Crippen LogP contribution in [-0.4, -0.2) is 42.0 Å². The molecule has 0 saturated carbocycles. The number of aromatic nitrogens is 1. The maximum absolute atomic E-state index is 12.6. The smallest absolute Gasteiger partial charge is 0.222 e. The number of nitrogens with one attached hydrogen (secondary N) is 1. The van der Waals surface area contributed by atoms with Crippen molar-refractivity contribution in [2.75, 3.05) is 26.2 Å². The average molecular weight is 334 g/mol. The fourth-order valence-electron chi connectivity index (χ4n) is 4.24. The van der Waals surface area contributed by atoms with Crippen LogP contribution in [0.2, 0.25) is 0 Å². The molecular formula is C18H27N3OS. The summed E-state index contributed by atoms with van der Waals surface area (Å²) in [6.07, 6.45) is 9.01. The second kappa shape index (κ2) is 6.89. The summed E-state index contributed by atoms with van der Waals surface area (Å²) in [6.45, 7) is 4.07. The minimum Gasteiger partial charge on any atom is -0.342 e. The molecule has 2 atom stereocenters. The van der Waals surface area contributed by atoms with E-state index >= 15 is 0 Å². The highest BCUT2D eigenvalue weighted by Gasteiger charge is 2.29. The van der Waals surface area contributed by atoms with Crippen molar-refractivity contribution in [3.05, 3.63) is 15.6 Å². The molecule has 5 heteroatoms. The molecule has 2 saturated heterocycles. The molecule has 2 unspecified atom stereocenters. The van der Waals surface area contributed by atoms with E-state index in [1.165, 1.54) is 41.3 Å². The van der Waals surface area contributed by atoms with Crippen LogP contribution in [0.5, 0.6) is 0 Å². The molecule has 0 spiro atoms. The van der Waals surface area contributed by atoms with E-state index in [1.807, 2.05) is 11.3 Å². The van der Waals surface area contributed by atoms with Crippen molar-refractivity contribution in [1.82, 2.24) is 15.2 Å². The standard InChI is InChI=1S/C18H27N3OS/c22-17(7-6-13-8-9-19-11-13)21-10-2-3-14(12-21)18-20-15-4-1-5-16(15)23-18/h13-14,19H,1-12H2. The largest absolute Gasteiger partial charge is 0.342 e. The van der Waals surface area contributed by atoms with Crippen molar-refractivity contribution in [3.63, 3.8) is 0 Å². The SMILES string of the molecule is O=C(CCC1CCNC1)N1CCCC(c2nc3c(s2)CCC3)C1. The zero-order chi connectivity index (χ0) is 15.6. The highest BCUT2D eigenvalue weighted by molar-refractivity contribution is 7.11. The molecule has 2 aliphatic heterocycles. The van der Waals surface area contributed by atoms with E-state index in [0.717, 1.165) is 51.9 Å². The summed E-state index contributed by atoms with van der Waals surface area (Å²) in [4.78, 5) is 21.1. The maximum atomic E-state index is 12.6. The van der Waals surface area contributed by atoms with Crippen LogP contribution in [-0.2, 0) is 17.6 Å². The van der Waals surface area contributed by atoms with Gasteiger partial charge in [0.05, 0.1) is 10.7 Å². The summed E-state index contributed by atoms with van der Waals surface area (Å²) in [5.41, 5.74) is 1.35. The highest BCUT2D eigenvalue weighted by Crippen LogP contribution is 2.35. The molecule has 1 amide bonds. The van der Waals surface area contributed by atoms with Crippen molar-refractivity contribution in [3.8, 4) is 0 Å². The molecule has 0 aromatic carbocycles. The van der Waals surface area contributed by atoms with E-state index in [-0.39, 0.29) is 0 Å². The van der Waals surface area contributed by atoms with Crippen LogP contribution in [0.3, 0.4) is 0 Å². The Bertz CT molecular complexity index is 543. The van der Waals surface area contributed by atoms with Gasteiger partial charge in [-0.15, -0.1) is 11.3 Å². The molecule has 3 heterocycles. The Morgan fingerprint density at radius 3 is 3.09 bits per heavy atom. The molecule has 126 valence electrons. The summed E-state index contributed by atoms with van der Waals surface area (Å²) in [7, 11) is 0. The molecule has 0 bridgehead atoms. The molecule has 1 N–H and O–H groups in total. The number of likely N-dealkylation sites (tertiary alicyclic amines) is 1. The molecule has 1 aromatic rings. The van der Waals surface area contributed by atoms with E-state index in [4.69, 9.17) is 4.98 Å². The van der Waals surface area contributed by atoms with Crippen molar-refractivity contribution >= 4 is 17.2 Å². The van der Waals surface area contributed by atoms with Gasteiger partial charge in [-0.1, -0.05) is 0 Å². The van der Waals surface area contributed by atoms with Gasteiger partial charge in [-0.25, -0.2) is 4.98 Å². The average Bonchev–Trinajstić information content (AvgIpc) is 3.29. The Kier molecular flexibility index (Phi) is 4.67. The number of fused-ring (bicyclic) bond motifs is 1. The molecule has 23 heavy (non-hydrogen) atoms. The normalized spacial score (nSPS) is 27.4. The van der Waals surface area contributed by atoms with E-state index in [1.54, 1.807) is 0 Å². The zero-order valence-electron chi connectivity index (χ0n) is 13.9. The van der Waals surface area contributed by atoms with Crippen LogP contribution in [0.25, 0.3) is 0 Å². The van der Waals surface area contributed by atoms with Gasteiger partial charge in [0.15, 0.2) is 0 Å². The molecular weight excluding hydrogens is 306 g/mol. The van der Waals surface area contributed by atoms with Crippen molar-refractivity contribution in [2.45, 2.75) is 57.3 Å². The third kappa shape index (κ3) is 3.45. The quantitative estimate of drug-likeness (QED) is 0.921. The van der Waals surface area contributed by atoms with Gasteiger partial charge in [-0.3, -0.25) is 4.79 Å².